The van der Waals surface area contributed by atoms with Crippen LogP contribution in [0.3, 0.4) is 0 Å². The molecule has 1 aliphatic carbocycles. The Balaban J connectivity index is 1.48. The van der Waals surface area contributed by atoms with Crippen LogP contribution in [0.1, 0.15) is 22.6 Å². The van der Waals surface area contributed by atoms with Crippen LogP contribution in [-0.2, 0) is 4.74 Å². The van der Waals surface area contributed by atoms with Gasteiger partial charge in [-0.25, -0.2) is 9.78 Å². The summed E-state index contributed by atoms with van der Waals surface area (Å²) in [6.45, 7) is 3.69. The Hall–Kier alpha value is -3.47. The monoisotopic (exact) mass is 360 g/mol. The topological polar surface area (TPSA) is 51.2 Å². The van der Waals surface area contributed by atoms with Gasteiger partial charge in [0.2, 0.25) is 5.95 Å². The number of hydrogen-bond acceptors (Lipinski definition) is 3. The van der Waals surface area contributed by atoms with Gasteiger partial charge in [-0.2, -0.15) is 4.39 Å². The number of halogens is 1. The van der Waals surface area contributed by atoms with Crippen LogP contribution in [0.4, 0.5) is 15.0 Å². The number of fused-ring (bicyclic) bond motifs is 3. The van der Waals surface area contributed by atoms with Crippen molar-refractivity contribution in [1.82, 2.24) is 4.98 Å². The standard InChI is InChI=1S/C22H17FN2O2/c1-2-14-11-12-20(24-21(14)23)25-22(26)27-13-19-17-9-5-3-7-15(17)16-8-4-6-10-18(16)19/h2-12,19H,1,13H2,(H,24,25,26). The van der Waals surface area contributed by atoms with E-state index in [0.717, 1.165) is 22.3 Å². The molecule has 0 aliphatic heterocycles. The van der Waals surface area contributed by atoms with Crippen LogP contribution >= 0.6 is 0 Å². The van der Waals surface area contributed by atoms with E-state index >= 15 is 0 Å². The molecule has 0 spiro atoms. The molecule has 2 aromatic carbocycles. The first-order valence-electron chi connectivity index (χ1n) is 8.58. The Morgan fingerprint density at radius 2 is 1.70 bits per heavy atom. The third kappa shape index (κ3) is 3.19. The Morgan fingerprint density at radius 1 is 1.07 bits per heavy atom. The van der Waals surface area contributed by atoms with Crippen LogP contribution in [0.5, 0.6) is 0 Å². The SMILES string of the molecule is C=Cc1ccc(NC(=O)OCC2c3ccccc3-c3ccccc32)nc1F. The van der Waals surface area contributed by atoms with Gasteiger partial charge in [0.15, 0.2) is 0 Å². The molecule has 0 bridgehead atoms. The predicted molar refractivity (Wildman–Crippen MR) is 103 cm³/mol. The molecule has 5 heteroatoms. The van der Waals surface area contributed by atoms with Gasteiger partial charge in [-0.1, -0.05) is 61.2 Å². The number of benzene rings is 2. The average molecular weight is 360 g/mol. The van der Waals surface area contributed by atoms with Gasteiger partial charge in [0.1, 0.15) is 12.4 Å². The van der Waals surface area contributed by atoms with Crippen molar-refractivity contribution in [3.8, 4) is 11.1 Å². The molecule has 3 aromatic rings. The maximum Gasteiger partial charge on any atom is 0.412 e. The van der Waals surface area contributed by atoms with E-state index in [1.165, 1.54) is 18.2 Å². The van der Waals surface area contributed by atoms with Gasteiger partial charge in [-0.3, -0.25) is 5.32 Å². The van der Waals surface area contributed by atoms with Crippen molar-refractivity contribution >= 4 is 18.0 Å². The normalized spacial score (nSPS) is 12.2. The summed E-state index contributed by atoms with van der Waals surface area (Å²) in [6, 6.07) is 19.2. The molecule has 0 saturated heterocycles. The molecule has 1 amide bonds. The van der Waals surface area contributed by atoms with Crippen molar-refractivity contribution in [1.29, 1.82) is 0 Å². The Labute approximate surface area is 156 Å². The number of nitrogens with one attached hydrogen (secondary N) is 1. The van der Waals surface area contributed by atoms with Crippen LogP contribution in [0.15, 0.2) is 67.2 Å². The Kier molecular flexibility index (Phi) is 4.42. The minimum Gasteiger partial charge on any atom is -0.448 e. The van der Waals surface area contributed by atoms with E-state index in [1.54, 1.807) is 0 Å². The zero-order valence-electron chi connectivity index (χ0n) is 14.5. The predicted octanol–water partition coefficient (Wildman–Crippen LogP) is 5.22. The number of amides is 1. The second-order valence-electron chi connectivity index (χ2n) is 6.23. The average Bonchev–Trinajstić information content (AvgIpc) is 3.00. The number of carbonyl (C=O) groups excluding carboxylic acids is 1. The molecule has 0 saturated carbocycles. The Bertz CT molecular complexity index is 987. The summed E-state index contributed by atoms with van der Waals surface area (Å²) in [5, 5.41) is 2.46. The lowest BCUT2D eigenvalue weighted by Gasteiger charge is -2.14. The number of nitrogens with zero attached hydrogens (tertiary/aromatic N) is 1. The number of aromatic nitrogens is 1. The number of ether oxygens (including phenoxy) is 1. The summed E-state index contributed by atoms with van der Waals surface area (Å²) in [5.41, 5.74) is 4.85. The maximum absolute atomic E-state index is 13.7. The first-order valence-corrected chi connectivity index (χ1v) is 8.58. The molecular weight excluding hydrogens is 343 g/mol. The minimum absolute atomic E-state index is 0.0315. The highest BCUT2D eigenvalue weighted by atomic mass is 19.1. The first-order chi connectivity index (χ1) is 13.2. The minimum atomic E-state index is -0.693. The molecule has 134 valence electrons. The van der Waals surface area contributed by atoms with E-state index in [2.05, 4.69) is 29.0 Å². The van der Waals surface area contributed by atoms with Gasteiger partial charge in [0, 0.05) is 11.5 Å². The van der Waals surface area contributed by atoms with Gasteiger partial charge in [-0.15, -0.1) is 0 Å². The number of rotatable bonds is 4. The molecule has 0 unspecified atom stereocenters. The molecule has 1 aromatic heterocycles. The van der Waals surface area contributed by atoms with E-state index in [9.17, 15) is 9.18 Å². The van der Waals surface area contributed by atoms with E-state index in [-0.39, 0.29) is 23.9 Å². The van der Waals surface area contributed by atoms with Crippen LogP contribution in [-0.4, -0.2) is 17.7 Å². The van der Waals surface area contributed by atoms with Crippen molar-refractivity contribution in [3.63, 3.8) is 0 Å². The van der Waals surface area contributed by atoms with Gasteiger partial charge in [0.25, 0.3) is 0 Å². The van der Waals surface area contributed by atoms with Gasteiger partial charge in [-0.05, 0) is 34.4 Å². The van der Waals surface area contributed by atoms with E-state index in [1.807, 2.05) is 36.4 Å². The molecule has 27 heavy (non-hydrogen) atoms. The summed E-state index contributed by atoms with van der Waals surface area (Å²) in [4.78, 5) is 15.8. The lowest BCUT2D eigenvalue weighted by atomic mass is 9.98. The fourth-order valence-electron chi connectivity index (χ4n) is 3.41. The quantitative estimate of drug-likeness (QED) is 0.649. The zero-order valence-corrected chi connectivity index (χ0v) is 14.5. The van der Waals surface area contributed by atoms with Crippen molar-refractivity contribution in [3.05, 3.63) is 89.9 Å². The van der Waals surface area contributed by atoms with Gasteiger partial charge >= 0.3 is 6.09 Å². The largest absolute Gasteiger partial charge is 0.448 e. The lowest BCUT2D eigenvalue weighted by molar-refractivity contribution is 0.158. The van der Waals surface area contributed by atoms with Crippen molar-refractivity contribution in [2.75, 3.05) is 11.9 Å². The molecule has 0 fully saturated rings. The number of pyridine rings is 1. The Morgan fingerprint density at radius 3 is 2.30 bits per heavy atom. The summed E-state index contributed by atoms with van der Waals surface area (Å²) < 4.78 is 19.1. The highest BCUT2D eigenvalue weighted by molar-refractivity contribution is 5.84. The van der Waals surface area contributed by atoms with Crippen LogP contribution < -0.4 is 5.32 Å². The van der Waals surface area contributed by atoms with Gasteiger partial charge < -0.3 is 4.74 Å². The third-order valence-electron chi connectivity index (χ3n) is 4.67. The number of anilines is 1. The van der Waals surface area contributed by atoms with Crippen LogP contribution in [0, 0.1) is 5.95 Å². The van der Waals surface area contributed by atoms with E-state index in [0.29, 0.717) is 0 Å². The van der Waals surface area contributed by atoms with Crippen LogP contribution in [0.25, 0.3) is 17.2 Å². The highest BCUT2D eigenvalue weighted by Crippen LogP contribution is 2.44. The fraction of sp³-hybridized carbons (Fsp3) is 0.0909. The zero-order chi connectivity index (χ0) is 18.8. The van der Waals surface area contributed by atoms with E-state index in [4.69, 9.17) is 4.74 Å². The molecular formula is C22H17FN2O2. The highest BCUT2D eigenvalue weighted by Gasteiger charge is 2.29. The van der Waals surface area contributed by atoms with E-state index < -0.39 is 12.0 Å². The summed E-state index contributed by atoms with van der Waals surface area (Å²) >= 11 is 0. The second kappa shape index (κ2) is 7.03. The number of carbonyl (C=O) groups is 1. The first kappa shape index (κ1) is 17.0. The van der Waals surface area contributed by atoms with Crippen LogP contribution in [0.2, 0.25) is 0 Å². The second-order valence-corrected chi connectivity index (χ2v) is 6.23. The smallest absolute Gasteiger partial charge is 0.412 e. The molecule has 1 heterocycles. The van der Waals surface area contributed by atoms with Gasteiger partial charge in [0.05, 0.1) is 0 Å². The molecule has 0 atom stereocenters. The molecule has 4 nitrogen and oxygen atoms in total. The number of hydrogen-bond donors (Lipinski definition) is 1. The summed E-state index contributed by atoms with van der Waals surface area (Å²) in [6.07, 6.45) is 0.689. The van der Waals surface area contributed by atoms with Crippen molar-refractivity contribution < 1.29 is 13.9 Å². The maximum atomic E-state index is 13.7. The molecule has 0 radical (unpaired) electrons. The lowest BCUT2D eigenvalue weighted by Crippen LogP contribution is -2.18. The van der Waals surface area contributed by atoms with Crippen molar-refractivity contribution in [2.45, 2.75) is 5.92 Å². The fourth-order valence-corrected chi connectivity index (χ4v) is 3.41. The summed E-state index contributed by atoms with van der Waals surface area (Å²) in [5.74, 6) is -0.632. The molecule has 1 aliphatic rings. The molecule has 1 N–H and O–H groups in total. The molecule has 4 rings (SSSR count). The third-order valence-corrected chi connectivity index (χ3v) is 4.67. The van der Waals surface area contributed by atoms with Crippen molar-refractivity contribution in [2.24, 2.45) is 0 Å². The summed E-state index contributed by atoms with van der Waals surface area (Å²) in [7, 11) is 0.